The average molecular weight is 517 g/mol. The maximum Gasteiger partial charge on any atom is 0.262 e. The predicted octanol–water partition coefficient (Wildman–Crippen LogP) is 6.13. The van der Waals surface area contributed by atoms with Crippen molar-refractivity contribution in [1.29, 1.82) is 0 Å². The minimum absolute atomic E-state index is 0.0313. The third kappa shape index (κ3) is 5.22. The van der Waals surface area contributed by atoms with Crippen molar-refractivity contribution in [2.24, 2.45) is 10.1 Å². The topological polar surface area (TPSA) is 74.1 Å². The third-order valence-corrected chi connectivity index (χ3v) is 7.64. The number of nitrogens with one attached hydrogen (secondary N) is 1. The number of rotatable bonds is 5. The largest absolute Gasteiger partial charge is 0.326 e. The van der Waals surface area contributed by atoms with Crippen LogP contribution in [-0.2, 0) is 9.59 Å². The Bertz CT molecular complexity index is 1390. The highest BCUT2D eigenvalue weighted by molar-refractivity contribution is 8.15. The van der Waals surface area contributed by atoms with E-state index < -0.39 is 5.25 Å². The van der Waals surface area contributed by atoms with Crippen LogP contribution in [0.1, 0.15) is 41.1 Å². The summed E-state index contributed by atoms with van der Waals surface area (Å²) < 4.78 is 0. The Balaban J connectivity index is 1.36. The van der Waals surface area contributed by atoms with Gasteiger partial charge in [0.1, 0.15) is 5.25 Å². The van der Waals surface area contributed by atoms with Crippen LogP contribution in [0.3, 0.4) is 0 Å². The molecule has 5 rings (SSSR count). The quantitative estimate of drug-likeness (QED) is 0.442. The molecule has 0 aromatic heterocycles. The van der Waals surface area contributed by atoms with Gasteiger partial charge in [-0.2, -0.15) is 10.1 Å². The molecule has 3 aromatic rings. The second kappa shape index (κ2) is 10.3. The number of halogens is 1. The number of thioether (sulfide) groups is 1. The van der Waals surface area contributed by atoms with Gasteiger partial charge in [0.25, 0.3) is 5.91 Å². The average Bonchev–Trinajstić information content (AvgIpc) is 3.44. The highest BCUT2D eigenvalue weighted by atomic mass is 35.5. The van der Waals surface area contributed by atoms with Gasteiger partial charge in [0.2, 0.25) is 5.91 Å². The SMILES string of the molecule is Cc1ccc(C2=NN(C3=NC(=O)[C@H](CC(=O)Nc4cccc(C)c4)S3)[C@@H](c3ccccc3Cl)C2)cc1. The summed E-state index contributed by atoms with van der Waals surface area (Å²) in [6.45, 7) is 4.01. The standard InChI is InChI=1S/C28H25ClN4O2S/c1-17-10-12-19(13-11-17)23-15-24(21-8-3-4-9-22(21)29)33(32-23)28-31-27(35)25(36-28)16-26(34)30-20-7-5-6-18(2)14-20/h3-14,24-25H,15-16H2,1-2H3,(H,30,34)/t24-,25+/m1/s1. The maximum atomic E-state index is 12.8. The summed E-state index contributed by atoms with van der Waals surface area (Å²) in [6, 6.07) is 23.2. The van der Waals surface area contributed by atoms with Gasteiger partial charge in [-0.3, -0.25) is 9.59 Å². The van der Waals surface area contributed by atoms with E-state index in [0.29, 0.717) is 22.3 Å². The number of hydrogen-bond acceptors (Lipinski definition) is 5. The lowest BCUT2D eigenvalue weighted by molar-refractivity contribution is -0.121. The Hall–Kier alpha value is -3.42. The van der Waals surface area contributed by atoms with Gasteiger partial charge in [-0.25, -0.2) is 5.01 Å². The maximum absolute atomic E-state index is 12.8. The van der Waals surface area contributed by atoms with Gasteiger partial charge in [0.15, 0.2) is 5.17 Å². The molecule has 0 unspecified atom stereocenters. The first-order chi connectivity index (χ1) is 17.4. The van der Waals surface area contributed by atoms with E-state index in [1.54, 1.807) is 5.01 Å². The number of hydrazone groups is 1. The molecule has 2 atom stereocenters. The van der Waals surface area contributed by atoms with Gasteiger partial charge in [-0.05, 0) is 48.7 Å². The first kappa shape index (κ1) is 24.3. The van der Waals surface area contributed by atoms with Gasteiger partial charge in [-0.15, -0.1) is 0 Å². The van der Waals surface area contributed by atoms with Crippen LogP contribution < -0.4 is 5.32 Å². The molecule has 3 aromatic carbocycles. The molecule has 0 saturated carbocycles. The van der Waals surface area contributed by atoms with Crippen molar-refractivity contribution < 1.29 is 9.59 Å². The van der Waals surface area contributed by atoms with Gasteiger partial charge < -0.3 is 5.32 Å². The van der Waals surface area contributed by atoms with Crippen molar-refractivity contribution in [2.75, 3.05) is 5.32 Å². The lowest BCUT2D eigenvalue weighted by Gasteiger charge is -2.23. The summed E-state index contributed by atoms with van der Waals surface area (Å²) in [7, 11) is 0. The Labute approximate surface area is 219 Å². The normalized spacial score (nSPS) is 19.3. The molecule has 0 radical (unpaired) electrons. The van der Waals surface area contributed by atoms with Crippen LogP contribution >= 0.6 is 23.4 Å². The van der Waals surface area contributed by atoms with Crippen LogP contribution in [0.15, 0.2) is 82.9 Å². The van der Waals surface area contributed by atoms with E-state index in [1.807, 2.05) is 62.4 Å². The Kier molecular flexibility index (Phi) is 6.94. The molecule has 6 nitrogen and oxygen atoms in total. The van der Waals surface area contributed by atoms with Gasteiger partial charge in [-0.1, -0.05) is 83.5 Å². The number of amidine groups is 1. The number of carbonyl (C=O) groups excluding carboxylic acids is 2. The second-order valence-corrected chi connectivity index (χ2v) is 10.5. The van der Waals surface area contributed by atoms with E-state index in [0.717, 1.165) is 22.4 Å². The van der Waals surface area contributed by atoms with Crippen molar-refractivity contribution in [3.8, 4) is 0 Å². The Morgan fingerprint density at radius 2 is 1.83 bits per heavy atom. The van der Waals surface area contributed by atoms with E-state index in [2.05, 4.69) is 34.6 Å². The zero-order chi connectivity index (χ0) is 25.2. The van der Waals surface area contributed by atoms with E-state index in [4.69, 9.17) is 16.7 Å². The third-order valence-electron chi connectivity index (χ3n) is 6.16. The Morgan fingerprint density at radius 3 is 2.58 bits per heavy atom. The molecule has 0 fully saturated rings. The summed E-state index contributed by atoms with van der Waals surface area (Å²) in [4.78, 5) is 29.8. The predicted molar refractivity (Wildman–Crippen MR) is 147 cm³/mol. The van der Waals surface area contributed by atoms with Crippen molar-refractivity contribution >= 4 is 51.7 Å². The summed E-state index contributed by atoms with van der Waals surface area (Å²) in [5.74, 6) is -0.554. The van der Waals surface area contributed by atoms with Crippen molar-refractivity contribution in [1.82, 2.24) is 5.01 Å². The second-order valence-electron chi connectivity index (χ2n) is 8.96. The number of anilines is 1. The summed E-state index contributed by atoms with van der Waals surface area (Å²) >= 11 is 7.84. The fourth-order valence-corrected chi connectivity index (χ4v) is 5.63. The molecule has 0 saturated heterocycles. The molecule has 2 aliphatic heterocycles. The molecule has 8 heteroatoms. The number of carbonyl (C=O) groups is 2. The molecular weight excluding hydrogens is 492 g/mol. The first-order valence-electron chi connectivity index (χ1n) is 11.7. The minimum Gasteiger partial charge on any atom is -0.326 e. The number of aryl methyl sites for hydroxylation is 2. The van der Waals surface area contributed by atoms with Crippen LogP contribution in [0.4, 0.5) is 5.69 Å². The molecule has 0 aliphatic carbocycles. The summed E-state index contributed by atoms with van der Waals surface area (Å²) in [5, 5.41) is 10.1. The zero-order valence-corrected chi connectivity index (χ0v) is 21.5. The smallest absolute Gasteiger partial charge is 0.262 e. The minimum atomic E-state index is -0.602. The van der Waals surface area contributed by atoms with E-state index in [1.165, 1.54) is 17.3 Å². The molecule has 1 N–H and O–H groups in total. The van der Waals surface area contributed by atoms with Crippen molar-refractivity contribution in [2.45, 2.75) is 38.0 Å². The van der Waals surface area contributed by atoms with E-state index in [-0.39, 0.29) is 24.3 Å². The number of benzene rings is 3. The van der Waals surface area contributed by atoms with E-state index in [9.17, 15) is 9.59 Å². The summed E-state index contributed by atoms with van der Waals surface area (Å²) in [5.41, 5.74) is 5.76. The highest BCUT2D eigenvalue weighted by Crippen LogP contribution is 2.40. The fraction of sp³-hybridized carbons (Fsp3) is 0.214. The highest BCUT2D eigenvalue weighted by Gasteiger charge is 2.39. The number of aliphatic imine (C=N–C) groups is 1. The van der Waals surface area contributed by atoms with Gasteiger partial charge in [0, 0.05) is 23.6 Å². The molecule has 0 spiro atoms. The lowest BCUT2D eigenvalue weighted by atomic mass is 9.98. The van der Waals surface area contributed by atoms with Crippen molar-refractivity contribution in [3.63, 3.8) is 0 Å². The molecule has 0 bridgehead atoms. The van der Waals surface area contributed by atoms with Crippen LogP contribution in [0.5, 0.6) is 0 Å². The molecule has 36 heavy (non-hydrogen) atoms. The molecule has 2 aliphatic rings. The monoisotopic (exact) mass is 516 g/mol. The first-order valence-corrected chi connectivity index (χ1v) is 13.0. The molecule has 182 valence electrons. The number of amides is 2. The lowest BCUT2D eigenvalue weighted by Crippen LogP contribution is -2.25. The van der Waals surface area contributed by atoms with Crippen molar-refractivity contribution in [3.05, 3.63) is 100 Å². The van der Waals surface area contributed by atoms with Gasteiger partial charge in [0.05, 0.1) is 11.8 Å². The van der Waals surface area contributed by atoms with Crippen LogP contribution in [0.25, 0.3) is 0 Å². The molecular formula is C28H25ClN4O2S. The fourth-order valence-electron chi connectivity index (χ4n) is 4.30. The van der Waals surface area contributed by atoms with Crippen LogP contribution in [0.2, 0.25) is 5.02 Å². The van der Waals surface area contributed by atoms with Crippen LogP contribution in [0, 0.1) is 13.8 Å². The van der Waals surface area contributed by atoms with Crippen LogP contribution in [-0.4, -0.2) is 33.0 Å². The summed E-state index contributed by atoms with van der Waals surface area (Å²) in [6.07, 6.45) is 0.655. The van der Waals surface area contributed by atoms with E-state index >= 15 is 0 Å². The van der Waals surface area contributed by atoms with Gasteiger partial charge >= 0.3 is 0 Å². The number of nitrogens with zero attached hydrogens (tertiary/aromatic N) is 3. The molecule has 2 amide bonds. The Morgan fingerprint density at radius 1 is 1.06 bits per heavy atom. The number of hydrogen-bond donors (Lipinski definition) is 1. The zero-order valence-electron chi connectivity index (χ0n) is 19.9. The molecule has 2 heterocycles.